The maximum Gasteiger partial charge on any atom is 0.356 e. The number of carbonyl (C=O) groups is 1. The van der Waals surface area contributed by atoms with Crippen molar-refractivity contribution in [2.24, 2.45) is 11.0 Å². The SMILES string of the molecule is Cc1cc(/C=N\Nc2c(Cl)c(Cl)nc(C(=O)O)c2Cl)c(C)n1CC(C)C. The monoisotopic (exact) mass is 416 g/mol. The summed E-state index contributed by atoms with van der Waals surface area (Å²) in [7, 11) is 0. The summed E-state index contributed by atoms with van der Waals surface area (Å²) in [5, 5.41) is 12.9. The zero-order chi connectivity index (χ0) is 19.6. The number of carboxylic acids is 1. The van der Waals surface area contributed by atoms with Crippen molar-refractivity contribution < 1.29 is 9.90 Å². The highest BCUT2D eigenvalue weighted by Crippen LogP contribution is 2.36. The Hall–Kier alpha value is -1.76. The number of pyridine rings is 1. The minimum atomic E-state index is -1.31. The fourth-order valence-corrected chi connectivity index (χ4v) is 3.19. The van der Waals surface area contributed by atoms with Crippen LogP contribution in [-0.4, -0.2) is 26.8 Å². The Balaban J connectivity index is 2.31. The molecule has 9 heteroatoms. The summed E-state index contributed by atoms with van der Waals surface area (Å²) in [6.45, 7) is 9.29. The molecular weight excluding hydrogens is 399 g/mol. The molecule has 0 unspecified atom stereocenters. The fourth-order valence-electron chi connectivity index (χ4n) is 2.52. The molecule has 0 fully saturated rings. The lowest BCUT2D eigenvalue weighted by Gasteiger charge is -2.12. The van der Waals surface area contributed by atoms with E-state index in [0.29, 0.717) is 5.92 Å². The van der Waals surface area contributed by atoms with Crippen LogP contribution in [0.25, 0.3) is 0 Å². The lowest BCUT2D eigenvalue weighted by Crippen LogP contribution is -2.08. The molecule has 0 bridgehead atoms. The number of anilines is 1. The van der Waals surface area contributed by atoms with Crippen LogP contribution in [0.4, 0.5) is 5.69 Å². The number of nitrogens with one attached hydrogen (secondary N) is 1. The molecule has 0 aromatic carbocycles. The van der Waals surface area contributed by atoms with E-state index in [1.807, 2.05) is 19.9 Å². The first-order chi connectivity index (χ1) is 12.1. The van der Waals surface area contributed by atoms with Crippen LogP contribution in [0.15, 0.2) is 11.2 Å². The van der Waals surface area contributed by atoms with E-state index in [9.17, 15) is 4.79 Å². The number of hydrogen-bond acceptors (Lipinski definition) is 4. The van der Waals surface area contributed by atoms with Crippen molar-refractivity contribution in [1.29, 1.82) is 0 Å². The second-order valence-corrected chi connectivity index (χ2v) is 7.37. The third-order valence-corrected chi connectivity index (χ3v) is 4.89. The summed E-state index contributed by atoms with van der Waals surface area (Å²) in [6.07, 6.45) is 1.63. The van der Waals surface area contributed by atoms with Crippen molar-refractivity contribution in [3.8, 4) is 0 Å². The van der Waals surface area contributed by atoms with Crippen molar-refractivity contribution in [3.05, 3.63) is 43.9 Å². The molecule has 6 nitrogen and oxygen atoms in total. The third-order valence-electron chi connectivity index (χ3n) is 3.78. The molecule has 2 rings (SSSR count). The quantitative estimate of drug-likeness (QED) is 0.382. The molecule has 0 atom stereocenters. The van der Waals surface area contributed by atoms with E-state index >= 15 is 0 Å². The molecular formula is C17H19Cl3N4O2. The molecule has 140 valence electrons. The number of hydrogen-bond donors (Lipinski definition) is 2. The fraction of sp³-hybridized carbons (Fsp3) is 0.353. The number of aromatic carboxylic acids is 1. The van der Waals surface area contributed by atoms with Crippen LogP contribution < -0.4 is 5.43 Å². The van der Waals surface area contributed by atoms with E-state index in [-0.39, 0.29) is 20.9 Å². The van der Waals surface area contributed by atoms with Crippen LogP contribution >= 0.6 is 34.8 Å². The minimum absolute atomic E-state index is 0.00379. The summed E-state index contributed by atoms with van der Waals surface area (Å²) in [5.74, 6) is -0.786. The van der Waals surface area contributed by atoms with E-state index < -0.39 is 11.7 Å². The van der Waals surface area contributed by atoms with E-state index in [1.165, 1.54) is 0 Å². The van der Waals surface area contributed by atoms with E-state index in [1.54, 1.807) is 6.21 Å². The smallest absolute Gasteiger partial charge is 0.356 e. The molecule has 0 saturated carbocycles. The second-order valence-electron chi connectivity index (χ2n) is 6.26. The summed E-state index contributed by atoms with van der Waals surface area (Å²) < 4.78 is 2.22. The standard InChI is InChI=1S/C17H19Cl3N4O2/c1-8(2)7-24-9(3)5-11(10(24)4)6-21-23-14-12(18)15(17(25)26)22-16(20)13(14)19/h5-6,8H,7H2,1-4H3,(H,22,23)(H,25,26)/b21-6-. The van der Waals surface area contributed by atoms with Crippen molar-refractivity contribution >= 4 is 52.7 Å². The van der Waals surface area contributed by atoms with Crippen LogP contribution in [-0.2, 0) is 6.54 Å². The van der Waals surface area contributed by atoms with Gasteiger partial charge in [0, 0.05) is 23.5 Å². The molecule has 2 heterocycles. The van der Waals surface area contributed by atoms with Gasteiger partial charge in [0.2, 0.25) is 0 Å². The van der Waals surface area contributed by atoms with Crippen LogP contribution in [0.5, 0.6) is 0 Å². The molecule has 26 heavy (non-hydrogen) atoms. The Bertz CT molecular complexity index is 876. The van der Waals surface area contributed by atoms with Gasteiger partial charge >= 0.3 is 5.97 Å². The summed E-state index contributed by atoms with van der Waals surface area (Å²) in [5.41, 5.74) is 5.52. The lowest BCUT2D eigenvalue weighted by atomic mass is 10.2. The normalized spacial score (nSPS) is 11.5. The highest BCUT2D eigenvalue weighted by molar-refractivity contribution is 6.46. The van der Waals surface area contributed by atoms with Crippen molar-refractivity contribution in [1.82, 2.24) is 9.55 Å². The van der Waals surface area contributed by atoms with Gasteiger partial charge in [0.15, 0.2) is 10.8 Å². The van der Waals surface area contributed by atoms with Gasteiger partial charge in [0.1, 0.15) is 10.0 Å². The van der Waals surface area contributed by atoms with Gasteiger partial charge in [-0.15, -0.1) is 0 Å². The lowest BCUT2D eigenvalue weighted by molar-refractivity contribution is 0.0691. The number of hydrazone groups is 1. The number of aryl methyl sites for hydroxylation is 1. The maximum absolute atomic E-state index is 11.2. The van der Waals surface area contributed by atoms with E-state index in [2.05, 4.69) is 33.9 Å². The molecule has 0 spiro atoms. The predicted molar refractivity (Wildman–Crippen MR) is 106 cm³/mol. The highest BCUT2D eigenvalue weighted by atomic mass is 35.5. The molecule has 0 saturated heterocycles. The van der Waals surface area contributed by atoms with Crippen molar-refractivity contribution in [3.63, 3.8) is 0 Å². The van der Waals surface area contributed by atoms with Gasteiger partial charge in [-0.1, -0.05) is 48.7 Å². The zero-order valence-corrected chi connectivity index (χ0v) is 17.0. The number of carboxylic acid groups (broad SMARTS) is 1. The first kappa shape index (κ1) is 20.6. The van der Waals surface area contributed by atoms with Crippen LogP contribution in [0, 0.1) is 19.8 Å². The third kappa shape index (κ3) is 4.31. The summed E-state index contributed by atoms with van der Waals surface area (Å²) in [6, 6.07) is 2.02. The Kier molecular flexibility index (Phi) is 6.55. The number of nitrogens with zero attached hydrogens (tertiary/aromatic N) is 3. The molecule has 0 aliphatic heterocycles. The van der Waals surface area contributed by atoms with E-state index in [0.717, 1.165) is 23.5 Å². The molecule has 0 radical (unpaired) electrons. The first-order valence-electron chi connectivity index (χ1n) is 7.87. The van der Waals surface area contributed by atoms with Gasteiger partial charge in [-0.05, 0) is 25.8 Å². The summed E-state index contributed by atoms with van der Waals surface area (Å²) in [4.78, 5) is 14.9. The van der Waals surface area contributed by atoms with Crippen LogP contribution in [0.3, 0.4) is 0 Å². The maximum atomic E-state index is 11.2. The van der Waals surface area contributed by atoms with E-state index in [4.69, 9.17) is 39.9 Å². The zero-order valence-electron chi connectivity index (χ0n) is 14.8. The van der Waals surface area contributed by atoms with Gasteiger partial charge in [0.25, 0.3) is 0 Å². The van der Waals surface area contributed by atoms with Crippen molar-refractivity contribution in [2.75, 3.05) is 5.43 Å². The average molecular weight is 418 g/mol. The Morgan fingerprint density at radius 1 is 1.35 bits per heavy atom. The molecule has 0 aliphatic rings. The Morgan fingerprint density at radius 2 is 2.00 bits per heavy atom. The number of halogens is 3. The predicted octanol–water partition coefficient (Wildman–Crippen LogP) is 5.26. The number of aromatic nitrogens is 2. The molecule has 2 aromatic heterocycles. The molecule has 2 N–H and O–H groups in total. The largest absolute Gasteiger partial charge is 0.476 e. The van der Waals surface area contributed by atoms with Gasteiger partial charge < -0.3 is 9.67 Å². The first-order valence-corrected chi connectivity index (χ1v) is 9.00. The average Bonchev–Trinajstić information content (AvgIpc) is 2.81. The van der Waals surface area contributed by atoms with Crippen LogP contribution in [0.2, 0.25) is 15.2 Å². The number of rotatable bonds is 6. The molecule has 0 amide bonds. The molecule has 2 aromatic rings. The van der Waals surface area contributed by atoms with Gasteiger partial charge in [-0.25, -0.2) is 9.78 Å². The van der Waals surface area contributed by atoms with Crippen molar-refractivity contribution in [2.45, 2.75) is 34.2 Å². The van der Waals surface area contributed by atoms with Crippen LogP contribution in [0.1, 0.15) is 41.3 Å². The summed E-state index contributed by atoms with van der Waals surface area (Å²) >= 11 is 18.0. The second kappa shape index (κ2) is 8.29. The minimum Gasteiger partial charge on any atom is -0.476 e. The van der Waals surface area contributed by atoms with Gasteiger partial charge in [-0.3, -0.25) is 5.43 Å². The highest BCUT2D eigenvalue weighted by Gasteiger charge is 2.20. The van der Waals surface area contributed by atoms with Gasteiger partial charge in [0.05, 0.1) is 11.9 Å². The molecule has 0 aliphatic carbocycles. The van der Waals surface area contributed by atoms with Gasteiger partial charge in [-0.2, -0.15) is 5.10 Å². The Morgan fingerprint density at radius 3 is 2.58 bits per heavy atom. The Labute approximate surface area is 166 Å². The topological polar surface area (TPSA) is 79.5 Å².